The van der Waals surface area contributed by atoms with Crippen LogP contribution in [0, 0.1) is 12.8 Å². The molecule has 1 aliphatic rings. The lowest BCUT2D eigenvalue weighted by Gasteiger charge is -2.35. The molecule has 1 N–H and O–H groups in total. The molecule has 190 valence electrons. The first-order valence-electron chi connectivity index (χ1n) is 11.4. The maximum atomic E-state index is 12.7. The normalized spacial score (nSPS) is 15.7. The highest BCUT2D eigenvalue weighted by atomic mass is 32.2. The van der Waals surface area contributed by atoms with Gasteiger partial charge in [-0.2, -0.15) is 0 Å². The molecule has 1 atom stereocenters. The highest BCUT2D eigenvalue weighted by Gasteiger charge is 2.49. The number of carbonyl (C=O) groups is 1. The van der Waals surface area contributed by atoms with E-state index >= 15 is 0 Å². The molecule has 36 heavy (non-hydrogen) atoms. The van der Waals surface area contributed by atoms with Crippen LogP contribution in [0.3, 0.4) is 0 Å². The number of aryl methyl sites for hydroxylation is 1. The first-order chi connectivity index (χ1) is 16.9. The van der Waals surface area contributed by atoms with Gasteiger partial charge in [0.05, 0.1) is 4.75 Å². The van der Waals surface area contributed by atoms with Crippen LogP contribution in [0.5, 0.6) is 11.5 Å². The molecule has 1 unspecified atom stereocenters. The van der Waals surface area contributed by atoms with Crippen molar-refractivity contribution in [2.75, 3.05) is 0 Å². The van der Waals surface area contributed by atoms with Crippen molar-refractivity contribution in [2.45, 2.75) is 55.2 Å². The Labute approximate surface area is 211 Å². The molecule has 2 aromatic carbocycles. The fourth-order valence-corrected chi connectivity index (χ4v) is 5.76. The zero-order valence-electron chi connectivity index (χ0n) is 20.0. The van der Waals surface area contributed by atoms with Gasteiger partial charge in [-0.15, -0.1) is 24.9 Å². The zero-order valence-corrected chi connectivity index (χ0v) is 20.8. The van der Waals surface area contributed by atoms with Gasteiger partial charge in [0.25, 0.3) is 0 Å². The topological polar surface area (TPSA) is 68.7 Å². The standard InChI is InChI=1S/C27H26F3NO4S/c1-17-15-22(12-13-23(17)35-25(2,3)24(32)33)36-26(18-6-7-18,20-5-4-14-31-16-20)19-8-10-21(11-9-19)34-27(28,29)30/h4-5,8-16,18H,6-7H2,1-3H3,(H,32,33). The van der Waals surface area contributed by atoms with Crippen LogP contribution in [0.2, 0.25) is 0 Å². The minimum atomic E-state index is -4.76. The molecule has 1 heterocycles. The smallest absolute Gasteiger partial charge is 0.478 e. The molecule has 0 spiro atoms. The maximum Gasteiger partial charge on any atom is 0.573 e. The van der Waals surface area contributed by atoms with Gasteiger partial charge in [0.2, 0.25) is 0 Å². The van der Waals surface area contributed by atoms with Gasteiger partial charge in [0.1, 0.15) is 11.5 Å². The predicted molar refractivity (Wildman–Crippen MR) is 130 cm³/mol. The Balaban J connectivity index is 1.73. The number of aromatic nitrogens is 1. The Morgan fingerprint density at radius 2 is 1.72 bits per heavy atom. The van der Waals surface area contributed by atoms with Crippen LogP contribution in [-0.2, 0) is 9.54 Å². The molecular formula is C27H26F3NO4S. The summed E-state index contributed by atoms with van der Waals surface area (Å²) in [5, 5.41) is 9.40. The van der Waals surface area contributed by atoms with E-state index in [-0.39, 0.29) is 11.7 Å². The molecule has 1 fully saturated rings. The number of carboxylic acid groups (broad SMARTS) is 1. The number of pyridine rings is 1. The zero-order chi connectivity index (χ0) is 26.1. The van der Waals surface area contributed by atoms with E-state index in [9.17, 15) is 23.1 Å². The van der Waals surface area contributed by atoms with Gasteiger partial charge >= 0.3 is 12.3 Å². The van der Waals surface area contributed by atoms with Crippen LogP contribution in [0.25, 0.3) is 0 Å². The maximum absolute atomic E-state index is 12.7. The molecular weight excluding hydrogens is 491 g/mol. The molecule has 1 aliphatic carbocycles. The van der Waals surface area contributed by atoms with E-state index in [1.165, 1.54) is 26.0 Å². The van der Waals surface area contributed by atoms with Crippen LogP contribution in [0.4, 0.5) is 13.2 Å². The summed E-state index contributed by atoms with van der Waals surface area (Å²) in [6.45, 7) is 4.83. The van der Waals surface area contributed by atoms with E-state index in [1.807, 2.05) is 31.2 Å². The second kappa shape index (κ2) is 9.69. The van der Waals surface area contributed by atoms with Crippen molar-refractivity contribution >= 4 is 17.7 Å². The van der Waals surface area contributed by atoms with Crippen molar-refractivity contribution in [2.24, 2.45) is 5.92 Å². The van der Waals surface area contributed by atoms with Crippen LogP contribution in [0.15, 0.2) is 71.9 Å². The molecule has 0 radical (unpaired) electrons. The van der Waals surface area contributed by atoms with E-state index in [0.29, 0.717) is 5.75 Å². The van der Waals surface area contributed by atoms with Crippen molar-refractivity contribution in [1.29, 1.82) is 0 Å². The number of benzene rings is 2. The Hall–Kier alpha value is -3.20. The van der Waals surface area contributed by atoms with Crippen LogP contribution >= 0.6 is 11.8 Å². The van der Waals surface area contributed by atoms with Crippen molar-refractivity contribution in [3.63, 3.8) is 0 Å². The van der Waals surface area contributed by atoms with Crippen molar-refractivity contribution in [3.05, 3.63) is 83.7 Å². The molecule has 0 saturated heterocycles. The first-order valence-corrected chi connectivity index (χ1v) is 12.2. The fourth-order valence-electron chi connectivity index (χ4n) is 4.12. The summed E-state index contributed by atoms with van der Waals surface area (Å²) < 4.78 is 47.4. The number of carboxylic acids is 1. The minimum Gasteiger partial charge on any atom is -0.478 e. The molecule has 0 amide bonds. The lowest BCUT2D eigenvalue weighted by molar-refractivity contribution is -0.274. The molecule has 0 aliphatic heterocycles. The SMILES string of the molecule is Cc1cc(SC(c2ccc(OC(F)(F)F)cc2)(c2cccnc2)C2CC2)ccc1OC(C)(C)C(=O)O. The Morgan fingerprint density at radius 3 is 2.25 bits per heavy atom. The third-order valence-corrected chi connectivity index (χ3v) is 7.68. The highest BCUT2D eigenvalue weighted by molar-refractivity contribution is 8.00. The van der Waals surface area contributed by atoms with Crippen molar-refractivity contribution in [1.82, 2.24) is 4.98 Å². The van der Waals surface area contributed by atoms with Gasteiger partial charge in [0, 0.05) is 17.3 Å². The van der Waals surface area contributed by atoms with Crippen LogP contribution in [-0.4, -0.2) is 28.0 Å². The van der Waals surface area contributed by atoms with Gasteiger partial charge in [-0.3, -0.25) is 4.98 Å². The number of hydrogen-bond donors (Lipinski definition) is 1. The first kappa shape index (κ1) is 25.9. The average molecular weight is 518 g/mol. The third kappa shape index (κ3) is 5.61. The van der Waals surface area contributed by atoms with E-state index in [0.717, 1.165) is 34.4 Å². The quantitative estimate of drug-likeness (QED) is 0.309. The van der Waals surface area contributed by atoms with E-state index in [1.54, 1.807) is 42.4 Å². The molecule has 1 aromatic heterocycles. The van der Waals surface area contributed by atoms with Gasteiger partial charge < -0.3 is 14.6 Å². The van der Waals surface area contributed by atoms with Crippen LogP contribution in [0.1, 0.15) is 43.4 Å². The van der Waals surface area contributed by atoms with Gasteiger partial charge in [0.15, 0.2) is 5.60 Å². The van der Waals surface area contributed by atoms with Gasteiger partial charge in [-0.25, -0.2) is 4.79 Å². The number of nitrogens with zero attached hydrogens (tertiary/aromatic N) is 1. The number of ether oxygens (including phenoxy) is 2. The summed E-state index contributed by atoms with van der Waals surface area (Å²) in [5.41, 5.74) is 1.20. The lowest BCUT2D eigenvalue weighted by atomic mass is 9.87. The summed E-state index contributed by atoms with van der Waals surface area (Å²) >= 11 is 1.60. The Kier molecular flexibility index (Phi) is 6.96. The van der Waals surface area contributed by atoms with E-state index < -0.39 is 22.7 Å². The molecule has 3 aromatic rings. The highest BCUT2D eigenvalue weighted by Crippen LogP contribution is 2.60. The summed E-state index contributed by atoms with van der Waals surface area (Å²) in [4.78, 5) is 16.7. The second-order valence-corrected chi connectivity index (χ2v) is 10.6. The Bertz CT molecular complexity index is 1230. The monoisotopic (exact) mass is 517 g/mol. The van der Waals surface area contributed by atoms with Crippen molar-refractivity contribution in [3.8, 4) is 11.5 Å². The number of aliphatic carboxylic acids is 1. The fraction of sp³-hybridized carbons (Fsp3) is 0.333. The summed E-state index contributed by atoms with van der Waals surface area (Å²) in [5.74, 6) is -0.616. The summed E-state index contributed by atoms with van der Waals surface area (Å²) in [6, 6.07) is 15.4. The predicted octanol–water partition coefficient (Wildman–Crippen LogP) is 6.98. The number of halogens is 3. The average Bonchev–Trinajstić information content (AvgIpc) is 3.65. The summed E-state index contributed by atoms with van der Waals surface area (Å²) in [7, 11) is 0. The van der Waals surface area contributed by atoms with E-state index in [2.05, 4.69) is 9.72 Å². The molecule has 1 saturated carbocycles. The van der Waals surface area contributed by atoms with Gasteiger partial charge in [-0.05, 0) is 92.6 Å². The molecule has 0 bridgehead atoms. The number of rotatable bonds is 9. The number of alkyl halides is 3. The molecule has 5 nitrogen and oxygen atoms in total. The Morgan fingerprint density at radius 1 is 1.03 bits per heavy atom. The van der Waals surface area contributed by atoms with Gasteiger partial charge in [-0.1, -0.05) is 18.2 Å². The molecule has 4 rings (SSSR count). The number of thioether (sulfide) groups is 1. The second-order valence-electron chi connectivity index (χ2n) is 9.27. The molecule has 9 heteroatoms. The third-order valence-electron chi connectivity index (χ3n) is 6.06. The largest absolute Gasteiger partial charge is 0.573 e. The van der Waals surface area contributed by atoms with Crippen molar-refractivity contribution < 1.29 is 32.5 Å². The minimum absolute atomic E-state index is 0.253. The number of hydrogen-bond acceptors (Lipinski definition) is 5. The van der Waals surface area contributed by atoms with E-state index in [4.69, 9.17) is 4.74 Å². The van der Waals surface area contributed by atoms with Crippen LogP contribution < -0.4 is 9.47 Å². The lowest BCUT2D eigenvalue weighted by Crippen LogP contribution is -2.38. The summed E-state index contributed by atoms with van der Waals surface area (Å²) in [6.07, 6.45) is 0.660.